The molecule has 2 aliphatic rings. The molecular formula is C17H25NO. The molecular weight excluding hydrogens is 234 g/mol. The molecule has 2 atom stereocenters. The highest BCUT2D eigenvalue weighted by molar-refractivity contribution is 5.32. The van der Waals surface area contributed by atoms with E-state index in [1.807, 2.05) is 0 Å². The number of hydrogen-bond donors (Lipinski definition) is 1. The molecule has 0 radical (unpaired) electrons. The van der Waals surface area contributed by atoms with Gasteiger partial charge in [0.25, 0.3) is 0 Å². The van der Waals surface area contributed by atoms with Crippen LogP contribution in [0, 0.1) is 5.92 Å². The maximum absolute atomic E-state index is 6.48. The second-order valence-electron chi connectivity index (χ2n) is 6.14. The largest absolute Gasteiger partial charge is 0.381 e. The summed E-state index contributed by atoms with van der Waals surface area (Å²) in [6, 6.07) is 9.30. The monoisotopic (exact) mass is 259 g/mol. The quantitative estimate of drug-likeness (QED) is 0.904. The fourth-order valence-corrected chi connectivity index (χ4v) is 3.76. The molecule has 2 N–H and O–H groups in total. The number of hydrogen-bond acceptors (Lipinski definition) is 2. The predicted octanol–water partition coefficient (Wildman–Crippen LogP) is 3.25. The molecule has 1 heterocycles. The van der Waals surface area contributed by atoms with Gasteiger partial charge in [-0.2, -0.15) is 0 Å². The molecule has 2 nitrogen and oxygen atoms in total. The van der Waals surface area contributed by atoms with Crippen molar-refractivity contribution in [3.63, 3.8) is 0 Å². The van der Waals surface area contributed by atoms with Crippen LogP contribution < -0.4 is 5.73 Å². The maximum atomic E-state index is 6.48. The third-order valence-electron chi connectivity index (χ3n) is 4.92. The van der Waals surface area contributed by atoms with Crippen LogP contribution in [0.1, 0.15) is 49.1 Å². The Morgan fingerprint density at radius 2 is 1.95 bits per heavy atom. The average Bonchev–Trinajstić information content (AvgIpc) is 2.48. The van der Waals surface area contributed by atoms with Gasteiger partial charge in [-0.05, 0) is 61.5 Å². The zero-order valence-corrected chi connectivity index (χ0v) is 11.7. The molecule has 3 rings (SSSR count). The number of aryl methyl sites for hydroxylation is 1. The summed E-state index contributed by atoms with van der Waals surface area (Å²) in [6.07, 6.45) is 7.34. The highest BCUT2D eigenvalue weighted by atomic mass is 16.5. The van der Waals surface area contributed by atoms with Gasteiger partial charge >= 0.3 is 0 Å². The van der Waals surface area contributed by atoms with Crippen LogP contribution >= 0.6 is 0 Å². The molecule has 1 fully saturated rings. The van der Waals surface area contributed by atoms with Crippen molar-refractivity contribution in [1.82, 2.24) is 0 Å². The summed E-state index contributed by atoms with van der Waals surface area (Å²) in [6.45, 7) is 1.80. The fraction of sp³-hybridized carbons (Fsp3) is 0.647. The number of rotatable bonds is 3. The Morgan fingerprint density at radius 1 is 1.16 bits per heavy atom. The normalized spacial score (nSPS) is 25.8. The Kier molecular flexibility index (Phi) is 4.19. The fourth-order valence-electron chi connectivity index (χ4n) is 3.76. The molecule has 0 saturated carbocycles. The lowest BCUT2D eigenvalue weighted by molar-refractivity contribution is 0.0565. The van der Waals surface area contributed by atoms with Crippen LogP contribution in [0.15, 0.2) is 24.3 Å². The van der Waals surface area contributed by atoms with Crippen molar-refractivity contribution in [2.24, 2.45) is 11.7 Å². The topological polar surface area (TPSA) is 35.2 Å². The van der Waals surface area contributed by atoms with E-state index in [0.717, 1.165) is 32.5 Å². The third-order valence-corrected chi connectivity index (χ3v) is 4.92. The Bertz CT molecular complexity index is 411. The first-order valence-corrected chi connectivity index (χ1v) is 7.75. The number of fused-ring (bicyclic) bond motifs is 1. The molecule has 0 spiro atoms. The van der Waals surface area contributed by atoms with E-state index in [4.69, 9.17) is 10.5 Å². The molecule has 1 aliphatic carbocycles. The van der Waals surface area contributed by atoms with Crippen LogP contribution in [0.2, 0.25) is 0 Å². The predicted molar refractivity (Wildman–Crippen MR) is 78.3 cm³/mol. The van der Waals surface area contributed by atoms with E-state index >= 15 is 0 Å². The summed E-state index contributed by atoms with van der Waals surface area (Å²) in [5.41, 5.74) is 9.60. The molecule has 1 aliphatic heterocycles. The van der Waals surface area contributed by atoms with Gasteiger partial charge in [0.05, 0.1) is 0 Å². The van der Waals surface area contributed by atoms with Crippen LogP contribution in [-0.2, 0) is 11.2 Å². The third kappa shape index (κ3) is 3.01. The summed E-state index contributed by atoms with van der Waals surface area (Å²) in [7, 11) is 0. The lowest BCUT2D eigenvalue weighted by Gasteiger charge is -2.32. The van der Waals surface area contributed by atoms with Crippen LogP contribution in [0.5, 0.6) is 0 Å². The summed E-state index contributed by atoms with van der Waals surface area (Å²) in [5.74, 6) is 1.35. The number of ether oxygens (including phenoxy) is 1. The van der Waals surface area contributed by atoms with Crippen LogP contribution in [-0.4, -0.2) is 19.3 Å². The van der Waals surface area contributed by atoms with Gasteiger partial charge in [-0.25, -0.2) is 0 Å². The van der Waals surface area contributed by atoms with Crippen molar-refractivity contribution in [3.05, 3.63) is 35.4 Å². The first-order chi connectivity index (χ1) is 9.34. The summed E-state index contributed by atoms with van der Waals surface area (Å²) < 4.78 is 5.44. The molecule has 104 valence electrons. The van der Waals surface area contributed by atoms with Crippen molar-refractivity contribution >= 4 is 0 Å². The van der Waals surface area contributed by atoms with E-state index < -0.39 is 0 Å². The summed E-state index contributed by atoms with van der Waals surface area (Å²) >= 11 is 0. The van der Waals surface area contributed by atoms with E-state index in [9.17, 15) is 0 Å². The van der Waals surface area contributed by atoms with Gasteiger partial charge in [-0.3, -0.25) is 0 Å². The average molecular weight is 259 g/mol. The van der Waals surface area contributed by atoms with Crippen LogP contribution in [0.4, 0.5) is 0 Å². The van der Waals surface area contributed by atoms with E-state index in [1.54, 1.807) is 11.1 Å². The van der Waals surface area contributed by atoms with Crippen molar-refractivity contribution in [2.45, 2.75) is 50.5 Å². The Balaban J connectivity index is 1.66. The minimum atomic E-state index is 0.347. The molecule has 2 heteroatoms. The van der Waals surface area contributed by atoms with Gasteiger partial charge in [0.15, 0.2) is 0 Å². The summed E-state index contributed by atoms with van der Waals surface area (Å²) in [5, 5.41) is 0. The van der Waals surface area contributed by atoms with Gasteiger partial charge in [0.1, 0.15) is 0 Å². The molecule has 1 aromatic carbocycles. The molecule has 0 amide bonds. The Morgan fingerprint density at radius 3 is 2.79 bits per heavy atom. The van der Waals surface area contributed by atoms with Crippen molar-refractivity contribution < 1.29 is 4.74 Å². The molecule has 19 heavy (non-hydrogen) atoms. The number of nitrogens with two attached hydrogens (primary N) is 1. The van der Waals surface area contributed by atoms with Crippen molar-refractivity contribution in [3.8, 4) is 0 Å². The Hall–Kier alpha value is -0.860. The smallest absolute Gasteiger partial charge is 0.0469 e. The lowest BCUT2D eigenvalue weighted by atomic mass is 9.77. The van der Waals surface area contributed by atoms with Gasteiger partial charge in [0, 0.05) is 19.3 Å². The molecule has 1 aromatic rings. The molecule has 0 bridgehead atoms. The van der Waals surface area contributed by atoms with E-state index in [2.05, 4.69) is 24.3 Å². The first kappa shape index (κ1) is 13.1. The highest BCUT2D eigenvalue weighted by Crippen LogP contribution is 2.36. The zero-order chi connectivity index (χ0) is 13.1. The number of benzene rings is 1. The van der Waals surface area contributed by atoms with E-state index in [0.29, 0.717) is 17.9 Å². The second kappa shape index (κ2) is 6.06. The summed E-state index contributed by atoms with van der Waals surface area (Å²) in [4.78, 5) is 0. The molecule has 2 unspecified atom stereocenters. The maximum Gasteiger partial charge on any atom is 0.0469 e. The van der Waals surface area contributed by atoms with E-state index in [1.165, 1.54) is 19.3 Å². The molecule has 1 saturated heterocycles. The SMILES string of the molecule is NC(CC1CCCc2ccccc21)C1CCOCC1. The standard InChI is InChI=1S/C17H25NO/c18-17(14-8-10-19-11-9-14)12-15-6-3-5-13-4-1-2-7-16(13)15/h1-2,4,7,14-15,17H,3,5-6,8-12,18H2. The second-order valence-corrected chi connectivity index (χ2v) is 6.14. The minimum Gasteiger partial charge on any atom is -0.381 e. The van der Waals surface area contributed by atoms with Gasteiger partial charge in [-0.15, -0.1) is 0 Å². The zero-order valence-electron chi connectivity index (χ0n) is 11.7. The van der Waals surface area contributed by atoms with Gasteiger partial charge < -0.3 is 10.5 Å². The Labute approximate surface area is 116 Å². The minimum absolute atomic E-state index is 0.347. The lowest BCUT2D eigenvalue weighted by Crippen LogP contribution is -2.36. The molecule has 0 aromatic heterocycles. The van der Waals surface area contributed by atoms with Gasteiger partial charge in [-0.1, -0.05) is 24.3 Å². The van der Waals surface area contributed by atoms with Crippen molar-refractivity contribution in [1.29, 1.82) is 0 Å². The van der Waals surface area contributed by atoms with E-state index in [-0.39, 0.29) is 0 Å². The highest BCUT2D eigenvalue weighted by Gasteiger charge is 2.26. The van der Waals surface area contributed by atoms with Crippen LogP contribution in [0.3, 0.4) is 0 Å². The van der Waals surface area contributed by atoms with Crippen LogP contribution in [0.25, 0.3) is 0 Å². The van der Waals surface area contributed by atoms with Gasteiger partial charge in [0.2, 0.25) is 0 Å². The first-order valence-electron chi connectivity index (χ1n) is 7.75. The van der Waals surface area contributed by atoms with Crippen molar-refractivity contribution in [2.75, 3.05) is 13.2 Å².